The summed E-state index contributed by atoms with van der Waals surface area (Å²) in [4.78, 5) is 11.5. The van der Waals surface area contributed by atoms with Crippen molar-refractivity contribution in [2.45, 2.75) is 12.8 Å². The van der Waals surface area contributed by atoms with Crippen molar-refractivity contribution in [2.75, 3.05) is 26.2 Å². The molecule has 18 heavy (non-hydrogen) atoms. The molecule has 2 rings (SSSR count). The van der Waals surface area contributed by atoms with E-state index in [9.17, 15) is 4.79 Å². The molecule has 1 aromatic carbocycles. The summed E-state index contributed by atoms with van der Waals surface area (Å²) >= 11 is 0. The van der Waals surface area contributed by atoms with Crippen LogP contribution in [0.25, 0.3) is 0 Å². The lowest BCUT2D eigenvalue weighted by Crippen LogP contribution is -2.44. The average Bonchev–Trinajstić information content (AvgIpc) is 2.35. The normalized spacial score (nSPS) is 14.9. The Morgan fingerprint density at radius 1 is 1.33 bits per heavy atom. The van der Waals surface area contributed by atoms with Crippen molar-refractivity contribution in [3.8, 4) is 5.75 Å². The maximum Gasteiger partial charge on any atom is 0.220 e. The van der Waals surface area contributed by atoms with Gasteiger partial charge in [0.15, 0.2) is 0 Å². The van der Waals surface area contributed by atoms with E-state index in [-0.39, 0.29) is 5.91 Å². The van der Waals surface area contributed by atoms with Gasteiger partial charge in [-0.3, -0.25) is 4.79 Å². The molecule has 0 aliphatic carbocycles. The highest BCUT2D eigenvalue weighted by atomic mass is 16.5. The molecule has 1 aromatic rings. The Hall–Kier alpha value is -1.55. The van der Waals surface area contributed by atoms with Gasteiger partial charge in [0.1, 0.15) is 5.75 Å². The van der Waals surface area contributed by atoms with Gasteiger partial charge in [0.2, 0.25) is 5.91 Å². The fourth-order valence-electron chi connectivity index (χ4n) is 1.83. The number of amides is 1. The van der Waals surface area contributed by atoms with Crippen molar-refractivity contribution >= 4 is 5.91 Å². The van der Waals surface area contributed by atoms with E-state index in [4.69, 9.17) is 4.74 Å². The highest BCUT2D eigenvalue weighted by Gasteiger charge is 2.19. The number of benzene rings is 1. The molecule has 0 bridgehead atoms. The smallest absolute Gasteiger partial charge is 0.220 e. The van der Waals surface area contributed by atoms with Gasteiger partial charge in [-0.25, -0.2) is 0 Å². The lowest BCUT2D eigenvalue weighted by molar-refractivity contribution is -0.122. The second kappa shape index (κ2) is 7.01. The molecule has 1 saturated heterocycles. The van der Waals surface area contributed by atoms with E-state index in [1.54, 1.807) is 0 Å². The molecule has 4 heteroatoms. The van der Waals surface area contributed by atoms with Gasteiger partial charge in [-0.2, -0.15) is 0 Å². The number of rotatable bonds is 7. The predicted molar refractivity (Wildman–Crippen MR) is 70.5 cm³/mol. The molecular weight excluding hydrogens is 228 g/mol. The van der Waals surface area contributed by atoms with Gasteiger partial charge in [0.05, 0.1) is 6.61 Å². The first kappa shape index (κ1) is 12.9. The fourth-order valence-corrected chi connectivity index (χ4v) is 1.83. The summed E-state index contributed by atoms with van der Waals surface area (Å²) < 4.78 is 5.54. The van der Waals surface area contributed by atoms with Crippen molar-refractivity contribution < 1.29 is 9.53 Å². The van der Waals surface area contributed by atoms with Gasteiger partial charge in [0, 0.05) is 13.0 Å². The van der Waals surface area contributed by atoms with Gasteiger partial charge in [-0.1, -0.05) is 18.2 Å². The molecule has 0 aromatic heterocycles. The van der Waals surface area contributed by atoms with Crippen LogP contribution in [0.5, 0.6) is 5.75 Å². The predicted octanol–water partition coefficient (Wildman–Crippen LogP) is 1.18. The molecule has 1 fully saturated rings. The zero-order valence-corrected chi connectivity index (χ0v) is 10.5. The van der Waals surface area contributed by atoms with Crippen molar-refractivity contribution in [2.24, 2.45) is 5.92 Å². The molecule has 0 unspecified atom stereocenters. The van der Waals surface area contributed by atoms with E-state index in [1.807, 2.05) is 30.3 Å². The third kappa shape index (κ3) is 4.37. The third-order valence-corrected chi connectivity index (χ3v) is 3.00. The molecule has 2 N–H and O–H groups in total. The van der Waals surface area contributed by atoms with E-state index in [1.165, 1.54) is 0 Å². The zero-order chi connectivity index (χ0) is 12.6. The first-order valence-electron chi connectivity index (χ1n) is 6.50. The van der Waals surface area contributed by atoms with Gasteiger partial charge in [0.25, 0.3) is 0 Å². The summed E-state index contributed by atoms with van der Waals surface area (Å²) in [6, 6.07) is 9.72. The zero-order valence-electron chi connectivity index (χ0n) is 10.5. The van der Waals surface area contributed by atoms with Crippen LogP contribution in [-0.4, -0.2) is 32.1 Å². The largest absolute Gasteiger partial charge is 0.494 e. The summed E-state index contributed by atoms with van der Waals surface area (Å²) in [5.41, 5.74) is 0. The summed E-state index contributed by atoms with van der Waals surface area (Å²) in [5.74, 6) is 1.57. The van der Waals surface area contributed by atoms with Gasteiger partial charge in [-0.15, -0.1) is 0 Å². The Bertz CT molecular complexity index is 363. The van der Waals surface area contributed by atoms with Gasteiger partial charge in [-0.05, 0) is 37.6 Å². The Morgan fingerprint density at radius 3 is 2.78 bits per heavy atom. The van der Waals surface area contributed by atoms with Crippen molar-refractivity contribution in [3.05, 3.63) is 30.3 Å². The molecule has 0 radical (unpaired) electrons. The lowest BCUT2D eigenvalue weighted by atomic mass is 9.99. The van der Waals surface area contributed by atoms with E-state index in [0.29, 0.717) is 25.5 Å². The standard InChI is InChI=1S/C14H20N2O2/c17-14(9-12-10-15-11-12)16-7-4-8-18-13-5-2-1-3-6-13/h1-3,5-6,12,15H,4,7-11H2,(H,16,17). The third-order valence-electron chi connectivity index (χ3n) is 3.00. The van der Waals surface area contributed by atoms with E-state index in [0.717, 1.165) is 25.3 Å². The van der Waals surface area contributed by atoms with Crippen LogP contribution in [0.1, 0.15) is 12.8 Å². The average molecular weight is 248 g/mol. The minimum absolute atomic E-state index is 0.154. The van der Waals surface area contributed by atoms with Crippen LogP contribution in [0.2, 0.25) is 0 Å². The summed E-state index contributed by atoms with van der Waals surface area (Å²) in [5, 5.41) is 6.08. The second-order valence-electron chi connectivity index (χ2n) is 4.59. The molecule has 1 aliphatic heterocycles. The first-order valence-corrected chi connectivity index (χ1v) is 6.50. The number of para-hydroxylation sites is 1. The van der Waals surface area contributed by atoms with E-state index in [2.05, 4.69) is 10.6 Å². The molecule has 1 aliphatic rings. The highest BCUT2D eigenvalue weighted by Crippen LogP contribution is 2.08. The van der Waals surface area contributed by atoms with E-state index >= 15 is 0 Å². The summed E-state index contributed by atoms with van der Waals surface area (Å²) in [6.45, 7) is 3.27. The Balaban J connectivity index is 1.49. The molecular formula is C14H20N2O2. The number of nitrogens with one attached hydrogen (secondary N) is 2. The number of carbonyl (C=O) groups excluding carboxylic acids is 1. The highest BCUT2D eigenvalue weighted by molar-refractivity contribution is 5.76. The van der Waals surface area contributed by atoms with Crippen LogP contribution in [-0.2, 0) is 4.79 Å². The summed E-state index contributed by atoms with van der Waals surface area (Å²) in [7, 11) is 0. The quantitative estimate of drug-likeness (QED) is 0.712. The molecule has 1 amide bonds. The molecule has 4 nitrogen and oxygen atoms in total. The minimum Gasteiger partial charge on any atom is -0.494 e. The second-order valence-corrected chi connectivity index (χ2v) is 4.59. The van der Waals surface area contributed by atoms with Crippen molar-refractivity contribution in [1.29, 1.82) is 0 Å². The Labute approximate surface area is 108 Å². The van der Waals surface area contributed by atoms with Gasteiger partial charge >= 0.3 is 0 Å². The van der Waals surface area contributed by atoms with E-state index < -0.39 is 0 Å². The van der Waals surface area contributed by atoms with Crippen LogP contribution in [0, 0.1) is 5.92 Å². The van der Waals surface area contributed by atoms with Gasteiger partial charge < -0.3 is 15.4 Å². The Kier molecular flexibility index (Phi) is 5.02. The number of ether oxygens (including phenoxy) is 1. The van der Waals surface area contributed by atoms with Crippen LogP contribution in [0.15, 0.2) is 30.3 Å². The number of hydrogen-bond donors (Lipinski definition) is 2. The number of hydrogen-bond acceptors (Lipinski definition) is 3. The number of carbonyl (C=O) groups is 1. The topological polar surface area (TPSA) is 50.4 Å². The fraction of sp³-hybridized carbons (Fsp3) is 0.500. The van der Waals surface area contributed by atoms with Crippen LogP contribution >= 0.6 is 0 Å². The van der Waals surface area contributed by atoms with Crippen molar-refractivity contribution in [3.63, 3.8) is 0 Å². The summed E-state index contributed by atoms with van der Waals surface area (Å²) in [6.07, 6.45) is 1.48. The molecule has 98 valence electrons. The molecule has 0 atom stereocenters. The van der Waals surface area contributed by atoms with Crippen molar-refractivity contribution in [1.82, 2.24) is 10.6 Å². The van der Waals surface area contributed by atoms with Crippen LogP contribution in [0.3, 0.4) is 0 Å². The maximum absolute atomic E-state index is 11.5. The van der Waals surface area contributed by atoms with Crippen LogP contribution < -0.4 is 15.4 Å². The van der Waals surface area contributed by atoms with Crippen LogP contribution in [0.4, 0.5) is 0 Å². The minimum atomic E-state index is 0.154. The Morgan fingerprint density at radius 2 is 2.11 bits per heavy atom. The SMILES string of the molecule is O=C(CC1CNC1)NCCCOc1ccccc1. The molecule has 0 spiro atoms. The molecule has 0 saturated carbocycles. The lowest BCUT2D eigenvalue weighted by Gasteiger charge is -2.26. The first-order chi connectivity index (χ1) is 8.84. The monoisotopic (exact) mass is 248 g/mol. The maximum atomic E-state index is 11.5. The molecule has 1 heterocycles.